The van der Waals surface area contributed by atoms with Gasteiger partial charge in [0.1, 0.15) is 0 Å². The maximum atomic E-state index is 6.63. The second-order valence-electron chi connectivity index (χ2n) is 11.9. The summed E-state index contributed by atoms with van der Waals surface area (Å²) in [5.74, 6) is -2.14. The third-order valence-electron chi connectivity index (χ3n) is 8.03. The first kappa shape index (κ1) is 21.2. The third-order valence-corrected chi connectivity index (χ3v) is 15.3. The van der Waals surface area contributed by atoms with Crippen LogP contribution < -0.4 is 0 Å². The largest absolute Gasteiger partial charge is 0.339 e. The molecular formula is C22H36O6P2. The van der Waals surface area contributed by atoms with E-state index in [1.54, 1.807) is 0 Å². The Kier molecular flexibility index (Phi) is 3.86. The molecule has 8 aliphatic heterocycles. The molecule has 0 aromatic rings. The summed E-state index contributed by atoms with van der Waals surface area (Å²) in [4.78, 5) is 0. The van der Waals surface area contributed by atoms with E-state index in [1.807, 2.05) is 0 Å². The number of hydrogen-bond donors (Lipinski definition) is 0. The monoisotopic (exact) mass is 458 g/mol. The molecule has 0 radical (unpaired) electrons. The van der Waals surface area contributed by atoms with Gasteiger partial charge in [-0.2, -0.15) is 0 Å². The zero-order valence-electron chi connectivity index (χ0n) is 19.6. The van der Waals surface area contributed by atoms with E-state index in [-0.39, 0.29) is 21.4 Å². The van der Waals surface area contributed by atoms with Crippen LogP contribution in [0.15, 0.2) is 0 Å². The third kappa shape index (κ3) is 2.72. The van der Waals surface area contributed by atoms with Crippen LogP contribution >= 0.6 is 15.8 Å². The lowest BCUT2D eigenvalue weighted by molar-refractivity contribution is -0.469. The van der Waals surface area contributed by atoms with Gasteiger partial charge in [-0.1, -0.05) is 0 Å². The molecule has 8 fully saturated rings. The molecule has 0 aromatic heterocycles. The van der Waals surface area contributed by atoms with Crippen LogP contribution in [0.1, 0.15) is 81.1 Å². The minimum absolute atomic E-state index is 0.171. The first-order valence-corrected chi connectivity index (χ1v) is 14.4. The molecule has 8 atom stereocenters. The van der Waals surface area contributed by atoms with Gasteiger partial charge in [-0.3, -0.25) is 0 Å². The van der Waals surface area contributed by atoms with Crippen LogP contribution in [-0.4, -0.2) is 56.8 Å². The smallest absolute Gasteiger partial charge is 0.173 e. The quantitative estimate of drug-likeness (QED) is 0.527. The van der Waals surface area contributed by atoms with Crippen molar-refractivity contribution in [3.63, 3.8) is 0 Å². The Bertz CT molecular complexity index is 663. The van der Waals surface area contributed by atoms with Gasteiger partial charge in [-0.25, -0.2) is 0 Å². The fraction of sp³-hybridized carbons (Fsp3) is 1.00. The minimum Gasteiger partial charge on any atom is -0.339 e. The normalized spacial score (nSPS) is 68.0. The van der Waals surface area contributed by atoms with Gasteiger partial charge in [-0.05, 0) is 83.6 Å². The minimum atomic E-state index is -0.535. The molecule has 0 aromatic carbocycles. The molecular weight excluding hydrogens is 422 g/mol. The van der Waals surface area contributed by atoms with Crippen LogP contribution in [0.2, 0.25) is 0 Å². The molecule has 0 aliphatic carbocycles. The number of hydrogen-bond acceptors (Lipinski definition) is 6. The summed E-state index contributed by atoms with van der Waals surface area (Å²) >= 11 is 0. The zero-order valence-corrected chi connectivity index (χ0v) is 21.4. The van der Waals surface area contributed by atoms with Gasteiger partial charge in [0, 0.05) is 25.7 Å². The van der Waals surface area contributed by atoms with Crippen molar-refractivity contribution in [2.24, 2.45) is 0 Å². The summed E-state index contributed by atoms with van der Waals surface area (Å²) in [5, 5.41) is -0.685. The Morgan fingerprint density at radius 2 is 0.667 bits per heavy atom. The van der Waals surface area contributed by atoms with Crippen LogP contribution in [0, 0.1) is 0 Å². The molecule has 30 heavy (non-hydrogen) atoms. The molecule has 6 nitrogen and oxygen atoms in total. The van der Waals surface area contributed by atoms with Crippen LogP contribution in [0.3, 0.4) is 0 Å². The number of ether oxygens (including phenoxy) is 6. The van der Waals surface area contributed by atoms with Crippen molar-refractivity contribution in [2.75, 3.05) is 12.3 Å². The van der Waals surface area contributed by atoms with Crippen molar-refractivity contribution in [1.82, 2.24) is 0 Å². The molecule has 0 unspecified atom stereocenters. The van der Waals surface area contributed by atoms with Gasteiger partial charge in [0.25, 0.3) is 0 Å². The lowest BCUT2D eigenvalue weighted by Gasteiger charge is -2.71. The lowest BCUT2D eigenvalue weighted by Crippen LogP contribution is -2.72. The molecule has 8 heteroatoms. The molecule has 0 spiro atoms. The molecule has 8 bridgehead atoms. The summed E-state index contributed by atoms with van der Waals surface area (Å²) < 4.78 is 39.0. The summed E-state index contributed by atoms with van der Waals surface area (Å²) in [7, 11) is -0.997. The first-order valence-electron chi connectivity index (χ1n) is 11.3. The highest BCUT2D eigenvalue weighted by Crippen LogP contribution is 2.80. The maximum absolute atomic E-state index is 6.63. The highest BCUT2D eigenvalue weighted by Gasteiger charge is 2.73. The van der Waals surface area contributed by atoms with E-state index in [0.717, 1.165) is 38.0 Å². The predicted molar refractivity (Wildman–Crippen MR) is 116 cm³/mol. The van der Waals surface area contributed by atoms with Gasteiger partial charge < -0.3 is 28.4 Å². The van der Waals surface area contributed by atoms with Crippen molar-refractivity contribution >= 4 is 15.8 Å². The van der Waals surface area contributed by atoms with Gasteiger partial charge >= 0.3 is 0 Å². The molecule has 0 saturated carbocycles. The summed E-state index contributed by atoms with van der Waals surface area (Å²) in [5.41, 5.74) is 0. The fourth-order valence-electron chi connectivity index (χ4n) is 8.42. The van der Waals surface area contributed by atoms with E-state index in [2.05, 4.69) is 55.4 Å². The highest BCUT2D eigenvalue weighted by atomic mass is 31.1. The predicted octanol–water partition coefficient (Wildman–Crippen LogP) is 5.42. The average Bonchev–Trinajstić information content (AvgIpc) is 2.40. The van der Waals surface area contributed by atoms with E-state index in [1.165, 1.54) is 0 Å². The molecule has 0 N–H and O–H groups in total. The van der Waals surface area contributed by atoms with Crippen LogP contribution in [-0.2, 0) is 28.4 Å². The standard InChI is InChI=1S/C22H36O6P2/c1-15-11-19(5)26-16(2,23-15)12-20(6,25-15)29(19)9-10-30-21(7)13-17(3)24-18(4,28-21)14-22(30,8)27-17/h9-14H2,1-8H3/t15-,16-,17-,18-,19+,20+,21+,22+/m0/s1. The Morgan fingerprint density at radius 1 is 0.433 bits per heavy atom. The Hall–Kier alpha value is 0.620. The van der Waals surface area contributed by atoms with Crippen molar-refractivity contribution < 1.29 is 28.4 Å². The second-order valence-corrected chi connectivity index (χ2v) is 18.2. The van der Waals surface area contributed by atoms with Crippen molar-refractivity contribution in [2.45, 2.75) is 126 Å². The summed E-state index contributed by atoms with van der Waals surface area (Å²) in [6.07, 6.45) is 5.46. The van der Waals surface area contributed by atoms with E-state index in [4.69, 9.17) is 28.4 Å². The van der Waals surface area contributed by atoms with Crippen LogP contribution in [0.4, 0.5) is 0 Å². The van der Waals surface area contributed by atoms with E-state index in [9.17, 15) is 0 Å². The summed E-state index contributed by atoms with van der Waals surface area (Å²) in [6.45, 7) is 17.5. The van der Waals surface area contributed by atoms with Gasteiger partial charge in [-0.15, -0.1) is 0 Å². The maximum Gasteiger partial charge on any atom is 0.173 e. The SMILES string of the molecule is C[C@@]12C[C@]3(C)O[C@@](C)(C[C@](C)(O1)P3CCP1[C@]3(C)C[C@@]4(C)O[C@](C)(C[C@]1(C)O4)O3)O2. The van der Waals surface area contributed by atoms with E-state index in [0.29, 0.717) is 0 Å². The van der Waals surface area contributed by atoms with E-state index >= 15 is 0 Å². The van der Waals surface area contributed by atoms with Crippen LogP contribution in [0.25, 0.3) is 0 Å². The Balaban J connectivity index is 1.28. The van der Waals surface area contributed by atoms with Crippen molar-refractivity contribution in [3.05, 3.63) is 0 Å². The fourth-order valence-corrected chi connectivity index (χ4v) is 17.0. The van der Waals surface area contributed by atoms with Crippen LogP contribution in [0.5, 0.6) is 0 Å². The first-order chi connectivity index (χ1) is 13.5. The Labute approximate surface area is 182 Å². The molecule has 8 saturated heterocycles. The van der Waals surface area contributed by atoms with Crippen molar-refractivity contribution in [1.29, 1.82) is 0 Å². The molecule has 0 amide bonds. The Morgan fingerprint density at radius 3 is 0.900 bits per heavy atom. The topological polar surface area (TPSA) is 55.4 Å². The summed E-state index contributed by atoms with van der Waals surface area (Å²) in [6, 6.07) is 0. The molecule has 8 rings (SSSR count). The van der Waals surface area contributed by atoms with Crippen molar-refractivity contribution in [3.8, 4) is 0 Å². The van der Waals surface area contributed by atoms with Gasteiger partial charge in [0.05, 0.1) is 21.4 Å². The van der Waals surface area contributed by atoms with Gasteiger partial charge in [0.2, 0.25) is 0 Å². The van der Waals surface area contributed by atoms with Gasteiger partial charge in [0.15, 0.2) is 23.1 Å². The number of rotatable bonds is 3. The zero-order chi connectivity index (χ0) is 21.6. The average molecular weight is 458 g/mol. The lowest BCUT2D eigenvalue weighted by atomic mass is 9.98. The molecule has 170 valence electrons. The highest BCUT2D eigenvalue weighted by molar-refractivity contribution is 7.64. The van der Waals surface area contributed by atoms with E-state index < -0.39 is 39.0 Å². The molecule has 8 aliphatic rings. The molecule has 8 heterocycles. The second kappa shape index (κ2) is 5.47.